The third kappa shape index (κ3) is 2.96. The minimum absolute atomic E-state index is 0.0481. The van der Waals surface area contributed by atoms with Crippen LogP contribution in [-0.4, -0.2) is 15.3 Å². The number of aromatic nitrogens is 2. The lowest BCUT2D eigenvalue weighted by Crippen LogP contribution is -2.51. The van der Waals surface area contributed by atoms with Crippen molar-refractivity contribution >= 4 is 15.9 Å². The lowest BCUT2D eigenvalue weighted by Gasteiger charge is -2.41. The smallest absolute Gasteiger partial charge is 0.0766 e. The van der Waals surface area contributed by atoms with E-state index in [1.165, 1.54) is 35.8 Å². The Kier molecular flexibility index (Phi) is 5.30. The Morgan fingerprint density at radius 3 is 2.70 bits per heavy atom. The molecule has 0 amide bonds. The first-order valence-electron chi connectivity index (χ1n) is 8.08. The highest BCUT2D eigenvalue weighted by atomic mass is 79.9. The predicted molar refractivity (Wildman–Crippen MR) is 87.9 cm³/mol. The highest BCUT2D eigenvalue weighted by Crippen LogP contribution is 2.38. The Labute approximate surface area is 131 Å². The second-order valence-electron chi connectivity index (χ2n) is 6.14. The molecule has 2 N–H and O–H groups in total. The Balaban J connectivity index is 2.30. The first kappa shape index (κ1) is 16.0. The summed E-state index contributed by atoms with van der Waals surface area (Å²) in [7, 11) is 0. The van der Waals surface area contributed by atoms with E-state index in [0.29, 0.717) is 5.92 Å². The molecular formula is C16H28BrN3. The lowest BCUT2D eigenvalue weighted by atomic mass is 9.70. The second kappa shape index (κ2) is 6.61. The number of hydrogen-bond donors (Lipinski definition) is 1. The van der Waals surface area contributed by atoms with Crippen LogP contribution < -0.4 is 5.73 Å². The Morgan fingerprint density at radius 2 is 2.10 bits per heavy atom. The van der Waals surface area contributed by atoms with Gasteiger partial charge in [0.1, 0.15) is 0 Å². The minimum Gasteiger partial charge on any atom is -0.324 e. The topological polar surface area (TPSA) is 43.8 Å². The molecule has 1 aliphatic rings. The van der Waals surface area contributed by atoms with Crippen molar-refractivity contribution in [2.24, 2.45) is 11.7 Å². The first-order valence-corrected chi connectivity index (χ1v) is 8.87. The SMILES string of the molecule is CCc1nn(CC)c(CC2(N)CCCCC2CC)c1Br. The number of halogens is 1. The second-order valence-corrected chi connectivity index (χ2v) is 6.93. The fraction of sp³-hybridized carbons (Fsp3) is 0.812. The molecule has 2 rings (SSSR count). The first-order chi connectivity index (χ1) is 9.55. The quantitative estimate of drug-likeness (QED) is 0.877. The zero-order chi connectivity index (χ0) is 14.8. The van der Waals surface area contributed by atoms with E-state index < -0.39 is 0 Å². The van der Waals surface area contributed by atoms with E-state index in [9.17, 15) is 0 Å². The highest BCUT2D eigenvalue weighted by Gasteiger charge is 2.37. The lowest BCUT2D eigenvalue weighted by molar-refractivity contribution is 0.179. The van der Waals surface area contributed by atoms with Crippen LogP contribution in [0.1, 0.15) is 64.3 Å². The molecule has 0 aliphatic heterocycles. The fourth-order valence-corrected chi connectivity index (χ4v) is 4.38. The molecule has 2 unspecified atom stereocenters. The van der Waals surface area contributed by atoms with Crippen LogP contribution in [0.5, 0.6) is 0 Å². The van der Waals surface area contributed by atoms with Crippen LogP contribution in [0.25, 0.3) is 0 Å². The van der Waals surface area contributed by atoms with Gasteiger partial charge in [-0.1, -0.05) is 33.1 Å². The Hall–Kier alpha value is -0.350. The van der Waals surface area contributed by atoms with Crippen molar-refractivity contribution in [2.45, 2.75) is 77.8 Å². The van der Waals surface area contributed by atoms with Gasteiger partial charge in [0, 0.05) is 18.5 Å². The maximum Gasteiger partial charge on any atom is 0.0766 e. The molecule has 0 spiro atoms. The molecule has 1 heterocycles. The third-order valence-electron chi connectivity index (χ3n) is 4.94. The molecule has 0 saturated heterocycles. The molecule has 1 aromatic rings. The van der Waals surface area contributed by atoms with Gasteiger partial charge in [-0.3, -0.25) is 4.68 Å². The minimum atomic E-state index is -0.0481. The Bertz CT molecular complexity index is 455. The predicted octanol–water partition coefficient (Wildman–Crippen LogP) is 4.07. The number of aryl methyl sites for hydroxylation is 2. The van der Waals surface area contributed by atoms with Crippen molar-refractivity contribution in [3.8, 4) is 0 Å². The zero-order valence-electron chi connectivity index (χ0n) is 13.1. The van der Waals surface area contributed by atoms with Crippen LogP contribution >= 0.6 is 15.9 Å². The van der Waals surface area contributed by atoms with Gasteiger partial charge >= 0.3 is 0 Å². The van der Waals surface area contributed by atoms with E-state index in [2.05, 4.69) is 41.4 Å². The summed E-state index contributed by atoms with van der Waals surface area (Å²) in [6.07, 6.45) is 8.15. The average Bonchev–Trinajstić information content (AvgIpc) is 2.75. The monoisotopic (exact) mass is 341 g/mol. The van der Waals surface area contributed by atoms with E-state index in [4.69, 9.17) is 10.8 Å². The molecule has 0 bridgehead atoms. The van der Waals surface area contributed by atoms with Crippen molar-refractivity contribution in [1.29, 1.82) is 0 Å². The van der Waals surface area contributed by atoms with Gasteiger partial charge in [0.05, 0.1) is 15.9 Å². The van der Waals surface area contributed by atoms with Gasteiger partial charge in [0.2, 0.25) is 0 Å². The van der Waals surface area contributed by atoms with Gasteiger partial charge < -0.3 is 5.73 Å². The van der Waals surface area contributed by atoms with Crippen LogP contribution in [0.15, 0.2) is 4.47 Å². The summed E-state index contributed by atoms with van der Waals surface area (Å²) in [5.41, 5.74) is 9.24. The number of nitrogens with two attached hydrogens (primary N) is 1. The molecular weight excluding hydrogens is 314 g/mol. The van der Waals surface area contributed by atoms with E-state index >= 15 is 0 Å². The maximum absolute atomic E-state index is 6.83. The van der Waals surface area contributed by atoms with Crippen molar-refractivity contribution in [1.82, 2.24) is 9.78 Å². The summed E-state index contributed by atoms with van der Waals surface area (Å²) in [5, 5.41) is 4.71. The molecule has 1 fully saturated rings. The van der Waals surface area contributed by atoms with Gasteiger partial charge in [-0.2, -0.15) is 5.10 Å². The summed E-state index contributed by atoms with van der Waals surface area (Å²) in [5.74, 6) is 0.647. The average molecular weight is 342 g/mol. The fourth-order valence-electron chi connectivity index (χ4n) is 3.68. The third-order valence-corrected chi connectivity index (χ3v) is 5.86. The summed E-state index contributed by atoms with van der Waals surface area (Å²) >= 11 is 3.76. The van der Waals surface area contributed by atoms with Crippen LogP contribution in [0.4, 0.5) is 0 Å². The van der Waals surface area contributed by atoms with Gasteiger partial charge in [0.15, 0.2) is 0 Å². The largest absolute Gasteiger partial charge is 0.324 e. The number of rotatable bonds is 5. The molecule has 20 heavy (non-hydrogen) atoms. The molecule has 114 valence electrons. The molecule has 3 nitrogen and oxygen atoms in total. The highest BCUT2D eigenvalue weighted by molar-refractivity contribution is 9.10. The normalized spacial score (nSPS) is 26.9. The molecule has 1 saturated carbocycles. The van der Waals surface area contributed by atoms with E-state index in [1.807, 2.05) is 0 Å². The summed E-state index contributed by atoms with van der Waals surface area (Å²) in [4.78, 5) is 0. The molecule has 4 heteroatoms. The van der Waals surface area contributed by atoms with Crippen LogP contribution in [-0.2, 0) is 19.4 Å². The van der Waals surface area contributed by atoms with E-state index in [0.717, 1.165) is 31.5 Å². The van der Waals surface area contributed by atoms with Crippen molar-refractivity contribution in [3.63, 3.8) is 0 Å². The standard InChI is InChI=1S/C16H28BrN3/c1-4-12-9-7-8-10-16(12,18)11-14-15(17)13(5-2)19-20(14)6-3/h12H,4-11,18H2,1-3H3. The summed E-state index contributed by atoms with van der Waals surface area (Å²) in [6.45, 7) is 7.51. The van der Waals surface area contributed by atoms with Gasteiger partial charge in [-0.05, 0) is 48.0 Å². The molecule has 1 aromatic heterocycles. The van der Waals surface area contributed by atoms with E-state index in [1.54, 1.807) is 0 Å². The Morgan fingerprint density at radius 1 is 1.35 bits per heavy atom. The molecule has 2 atom stereocenters. The maximum atomic E-state index is 6.83. The van der Waals surface area contributed by atoms with Crippen LogP contribution in [0, 0.1) is 5.92 Å². The zero-order valence-corrected chi connectivity index (χ0v) is 14.7. The van der Waals surface area contributed by atoms with Crippen molar-refractivity contribution in [2.75, 3.05) is 0 Å². The molecule has 0 aromatic carbocycles. The summed E-state index contributed by atoms with van der Waals surface area (Å²) in [6, 6.07) is 0. The molecule has 0 radical (unpaired) electrons. The van der Waals surface area contributed by atoms with Crippen molar-refractivity contribution < 1.29 is 0 Å². The van der Waals surface area contributed by atoms with Gasteiger partial charge in [-0.15, -0.1) is 0 Å². The van der Waals surface area contributed by atoms with E-state index in [-0.39, 0.29) is 5.54 Å². The number of nitrogens with zero attached hydrogens (tertiary/aromatic N) is 2. The van der Waals surface area contributed by atoms with Gasteiger partial charge in [-0.25, -0.2) is 0 Å². The van der Waals surface area contributed by atoms with Crippen LogP contribution in [0.3, 0.4) is 0 Å². The summed E-state index contributed by atoms with van der Waals surface area (Å²) < 4.78 is 3.32. The van der Waals surface area contributed by atoms with Gasteiger partial charge in [0.25, 0.3) is 0 Å². The van der Waals surface area contributed by atoms with Crippen LogP contribution in [0.2, 0.25) is 0 Å². The molecule has 1 aliphatic carbocycles. The number of hydrogen-bond acceptors (Lipinski definition) is 2. The van der Waals surface area contributed by atoms with Crippen molar-refractivity contribution in [3.05, 3.63) is 15.9 Å².